The summed E-state index contributed by atoms with van der Waals surface area (Å²) in [6.07, 6.45) is -3.94. The summed E-state index contributed by atoms with van der Waals surface area (Å²) in [5.74, 6) is -1.65. The quantitative estimate of drug-likeness (QED) is 0.650. The molecule has 1 atom stereocenters. The van der Waals surface area contributed by atoms with Gasteiger partial charge in [-0.2, -0.15) is 0 Å². The van der Waals surface area contributed by atoms with Crippen LogP contribution in [0.1, 0.15) is 12.8 Å². The molecular weight excluding hydrogens is 459 g/mol. The van der Waals surface area contributed by atoms with Crippen molar-refractivity contribution in [3.8, 4) is 5.75 Å². The van der Waals surface area contributed by atoms with E-state index in [4.69, 9.17) is 0 Å². The number of anilines is 2. The van der Waals surface area contributed by atoms with Crippen molar-refractivity contribution in [3.63, 3.8) is 0 Å². The summed E-state index contributed by atoms with van der Waals surface area (Å²) in [5, 5.41) is 4.57. The Morgan fingerprint density at radius 2 is 1.73 bits per heavy atom. The number of likely N-dealkylation sites (tertiary alicyclic amines) is 1. The molecule has 2 aliphatic rings. The minimum Gasteiger partial charge on any atom is -0.406 e. The molecule has 7 nitrogen and oxygen atoms in total. The number of ether oxygens (including phenoxy) is 1. The molecule has 0 aromatic heterocycles. The van der Waals surface area contributed by atoms with Crippen LogP contribution < -0.4 is 15.4 Å². The molecule has 0 saturated carbocycles. The summed E-state index contributed by atoms with van der Waals surface area (Å²) in [6, 6.07) is 12.2. The topological polar surface area (TPSA) is 87.7 Å². The molecule has 2 aliphatic heterocycles. The van der Waals surface area contributed by atoms with Gasteiger partial charge in [0.15, 0.2) is 5.25 Å². The van der Waals surface area contributed by atoms with Crippen LogP contribution in [0.4, 0.5) is 24.5 Å². The van der Waals surface area contributed by atoms with Crippen molar-refractivity contribution in [2.75, 3.05) is 23.7 Å². The molecule has 0 bridgehead atoms. The monoisotopic (exact) mass is 479 g/mol. The van der Waals surface area contributed by atoms with E-state index in [1.54, 1.807) is 11.0 Å². The van der Waals surface area contributed by atoms with Crippen LogP contribution in [0.5, 0.6) is 5.75 Å². The predicted octanol–water partition coefficient (Wildman–Crippen LogP) is 3.88. The van der Waals surface area contributed by atoms with Gasteiger partial charge < -0.3 is 20.3 Å². The normalized spacial score (nSPS) is 18.8. The Morgan fingerprint density at radius 3 is 2.39 bits per heavy atom. The molecule has 3 amide bonds. The first kappa shape index (κ1) is 23.0. The molecule has 2 aromatic rings. The van der Waals surface area contributed by atoms with Crippen molar-refractivity contribution >= 4 is 40.9 Å². The fourth-order valence-corrected chi connectivity index (χ4v) is 4.80. The average molecular weight is 479 g/mol. The van der Waals surface area contributed by atoms with E-state index in [9.17, 15) is 27.6 Å². The Balaban J connectivity index is 1.29. The third-order valence-corrected chi connectivity index (χ3v) is 6.65. The van der Waals surface area contributed by atoms with Gasteiger partial charge >= 0.3 is 6.36 Å². The van der Waals surface area contributed by atoms with Gasteiger partial charge in [0.25, 0.3) is 0 Å². The Hall–Kier alpha value is -3.21. The van der Waals surface area contributed by atoms with Crippen molar-refractivity contribution in [1.29, 1.82) is 0 Å². The van der Waals surface area contributed by atoms with E-state index < -0.39 is 11.6 Å². The van der Waals surface area contributed by atoms with E-state index >= 15 is 0 Å². The van der Waals surface area contributed by atoms with Crippen LogP contribution in [-0.2, 0) is 14.4 Å². The number of nitrogens with one attached hydrogen (secondary N) is 2. The highest BCUT2D eigenvalue weighted by atomic mass is 32.2. The number of thioether (sulfide) groups is 1. The first-order valence-corrected chi connectivity index (χ1v) is 11.1. The molecule has 0 unspecified atom stereocenters. The van der Waals surface area contributed by atoms with Gasteiger partial charge in [0.1, 0.15) is 5.75 Å². The maximum atomic E-state index is 12.9. The largest absolute Gasteiger partial charge is 0.573 e. The summed E-state index contributed by atoms with van der Waals surface area (Å²) in [4.78, 5) is 40.3. The number of amides is 3. The van der Waals surface area contributed by atoms with E-state index in [-0.39, 0.29) is 29.4 Å². The molecule has 174 valence electrons. The molecular formula is C22H20F3N3O4S. The van der Waals surface area contributed by atoms with Gasteiger partial charge in [0, 0.05) is 29.6 Å². The van der Waals surface area contributed by atoms with Gasteiger partial charge in [-0.3, -0.25) is 14.4 Å². The first-order chi connectivity index (χ1) is 15.7. The van der Waals surface area contributed by atoms with E-state index in [2.05, 4.69) is 15.4 Å². The molecule has 2 aromatic carbocycles. The zero-order valence-corrected chi connectivity index (χ0v) is 18.0. The van der Waals surface area contributed by atoms with Crippen LogP contribution in [0, 0.1) is 5.92 Å². The van der Waals surface area contributed by atoms with Crippen LogP contribution in [0.25, 0.3) is 0 Å². The Labute approximate surface area is 191 Å². The van der Waals surface area contributed by atoms with Crippen molar-refractivity contribution < 1.29 is 32.3 Å². The highest BCUT2D eigenvalue weighted by Crippen LogP contribution is 2.36. The Kier molecular flexibility index (Phi) is 6.50. The number of carbonyl (C=O) groups excluding carboxylic acids is 3. The Bertz CT molecular complexity index is 1050. The standard InChI is InChI=1S/C22H20F3N3O4S/c23-22(24,25)32-15-7-5-14(6-8-15)26-19(29)13-9-11-28(12-10-13)21(31)18-20(30)27-16-3-1-2-4-17(16)33-18/h1-8,13,18H,9-12H2,(H,26,29)(H,27,30)/t18-/m0/s1. The number of hydrogen-bond donors (Lipinski definition) is 2. The third-order valence-electron chi connectivity index (χ3n) is 5.39. The maximum absolute atomic E-state index is 12.9. The van der Waals surface area contributed by atoms with Crippen molar-refractivity contribution in [3.05, 3.63) is 48.5 Å². The molecule has 1 saturated heterocycles. The number of rotatable bonds is 4. The number of alkyl halides is 3. The van der Waals surface area contributed by atoms with Gasteiger partial charge in [-0.15, -0.1) is 24.9 Å². The number of nitrogens with zero attached hydrogens (tertiary/aromatic N) is 1. The van der Waals surface area contributed by atoms with Crippen LogP contribution in [0.2, 0.25) is 0 Å². The van der Waals surface area contributed by atoms with Gasteiger partial charge in [-0.05, 0) is 49.2 Å². The van der Waals surface area contributed by atoms with Crippen LogP contribution in [-0.4, -0.2) is 47.3 Å². The zero-order chi connectivity index (χ0) is 23.6. The van der Waals surface area contributed by atoms with Gasteiger partial charge in [-0.1, -0.05) is 12.1 Å². The summed E-state index contributed by atoms with van der Waals surface area (Å²) in [6.45, 7) is 0.669. The number of piperidine rings is 1. The van der Waals surface area contributed by atoms with E-state index in [0.717, 1.165) is 17.0 Å². The minimum atomic E-state index is -4.78. The predicted molar refractivity (Wildman–Crippen MR) is 116 cm³/mol. The molecule has 1 fully saturated rings. The SMILES string of the molecule is O=C(Nc1ccc(OC(F)(F)F)cc1)C1CCN(C(=O)[C@H]2Sc3ccccc3NC2=O)CC1. The second-order valence-electron chi connectivity index (χ2n) is 7.64. The highest BCUT2D eigenvalue weighted by molar-refractivity contribution is 8.01. The molecule has 2 N–H and O–H groups in total. The van der Waals surface area contributed by atoms with Crippen molar-refractivity contribution in [1.82, 2.24) is 4.90 Å². The maximum Gasteiger partial charge on any atom is 0.573 e. The van der Waals surface area contributed by atoms with E-state index in [0.29, 0.717) is 37.3 Å². The smallest absolute Gasteiger partial charge is 0.406 e. The fraction of sp³-hybridized carbons (Fsp3) is 0.318. The zero-order valence-electron chi connectivity index (χ0n) is 17.2. The van der Waals surface area contributed by atoms with Crippen LogP contribution >= 0.6 is 11.8 Å². The lowest BCUT2D eigenvalue weighted by Gasteiger charge is -2.34. The van der Waals surface area contributed by atoms with Crippen molar-refractivity contribution in [2.24, 2.45) is 5.92 Å². The molecule has 0 spiro atoms. The Morgan fingerprint density at radius 1 is 1.06 bits per heavy atom. The lowest BCUT2D eigenvalue weighted by molar-refractivity contribution is -0.274. The molecule has 0 aliphatic carbocycles. The van der Waals surface area contributed by atoms with Crippen LogP contribution in [0.3, 0.4) is 0 Å². The molecule has 33 heavy (non-hydrogen) atoms. The van der Waals surface area contributed by atoms with E-state index in [1.807, 2.05) is 18.2 Å². The number of fused-ring (bicyclic) bond motifs is 1. The average Bonchev–Trinajstić information content (AvgIpc) is 2.78. The summed E-state index contributed by atoms with van der Waals surface area (Å²) >= 11 is 1.22. The first-order valence-electron chi connectivity index (χ1n) is 10.2. The number of para-hydroxylation sites is 1. The molecule has 4 rings (SSSR count). The summed E-state index contributed by atoms with van der Waals surface area (Å²) in [5.41, 5.74) is 1.03. The fourth-order valence-electron chi connectivity index (χ4n) is 3.73. The lowest BCUT2D eigenvalue weighted by Crippen LogP contribution is -2.48. The molecule has 2 heterocycles. The summed E-state index contributed by atoms with van der Waals surface area (Å²) < 4.78 is 40.5. The highest BCUT2D eigenvalue weighted by Gasteiger charge is 2.37. The number of carbonyl (C=O) groups is 3. The summed E-state index contributed by atoms with van der Waals surface area (Å²) in [7, 11) is 0. The van der Waals surface area contributed by atoms with Gasteiger partial charge in [0.2, 0.25) is 17.7 Å². The molecule has 0 radical (unpaired) electrons. The second kappa shape index (κ2) is 9.34. The lowest BCUT2D eigenvalue weighted by atomic mass is 9.95. The number of benzene rings is 2. The number of hydrogen-bond acceptors (Lipinski definition) is 5. The molecule has 11 heteroatoms. The third kappa shape index (κ3) is 5.59. The minimum absolute atomic E-state index is 0.273. The van der Waals surface area contributed by atoms with E-state index in [1.165, 1.54) is 23.9 Å². The van der Waals surface area contributed by atoms with Gasteiger partial charge in [0.05, 0.1) is 5.69 Å². The second-order valence-corrected chi connectivity index (χ2v) is 8.79. The van der Waals surface area contributed by atoms with Crippen molar-refractivity contribution in [2.45, 2.75) is 29.3 Å². The number of halogens is 3. The van der Waals surface area contributed by atoms with Crippen LogP contribution in [0.15, 0.2) is 53.4 Å². The van der Waals surface area contributed by atoms with Gasteiger partial charge in [-0.25, -0.2) is 0 Å².